The van der Waals surface area contributed by atoms with Gasteiger partial charge in [-0.1, -0.05) is 6.07 Å². The summed E-state index contributed by atoms with van der Waals surface area (Å²) < 4.78 is 0. The van der Waals surface area contributed by atoms with E-state index in [1.54, 1.807) is 12.4 Å². The molecule has 0 radical (unpaired) electrons. The second-order valence-corrected chi connectivity index (χ2v) is 8.28. The molecule has 3 heterocycles. The number of aliphatic hydroxyl groups excluding tert-OH is 1. The lowest BCUT2D eigenvalue weighted by molar-refractivity contribution is 0.198. The van der Waals surface area contributed by atoms with Crippen molar-refractivity contribution in [2.45, 2.75) is 12.5 Å². The SMILES string of the molecule is CN(C)CCNc1ccc(Nc2nccc(-c3ccc(N4CCC(O)C4)c(C#N)c3)n2)cn1. The maximum absolute atomic E-state index is 9.82. The van der Waals surface area contributed by atoms with Crippen LogP contribution in [0.4, 0.5) is 23.1 Å². The van der Waals surface area contributed by atoms with Gasteiger partial charge in [-0.25, -0.2) is 15.0 Å². The highest BCUT2D eigenvalue weighted by Gasteiger charge is 2.22. The topological polar surface area (TPSA) is 113 Å². The largest absolute Gasteiger partial charge is 0.391 e. The minimum Gasteiger partial charge on any atom is -0.391 e. The van der Waals surface area contributed by atoms with Crippen molar-refractivity contribution in [2.75, 3.05) is 55.8 Å². The molecule has 1 saturated heterocycles. The standard InChI is InChI=1S/C24H28N8O/c1-31(2)12-10-26-23-6-4-19(15-28-23)29-24-27-9-7-21(30-24)17-3-5-22(18(13-17)14-25)32-11-8-20(33)16-32/h3-7,9,13,15,20,33H,8,10-12,16H2,1-2H3,(H,26,28)(H,27,29,30). The summed E-state index contributed by atoms with van der Waals surface area (Å²) in [5.41, 5.74) is 3.74. The number of rotatable bonds is 8. The molecule has 3 aromatic rings. The molecule has 9 heteroatoms. The molecule has 3 N–H and O–H groups in total. The van der Waals surface area contributed by atoms with E-state index in [0.29, 0.717) is 23.8 Å². The van der Waals surface area contributed by atoms with Crippen molar-refractivity contribution in [3.05, 3.63) is 54.4 Å². The average molecular weight is 445 g/mol. The zero-order valence-corrected chi connectivity index (χ0v) is 18.9. The van der Waals surface area contributed by atoms with E-state index >= 15 is 0 Å². The van der Waals surface area contributed by atoms with Crippen LogP contribution in [0.3, 0.4) is 0 Å². The van der Waals surface area contributed by atoms with E-state index in [4.69, 9.17) is 0 Å². The molecule has 1 unspecified atom stereocenters. The molecule has 1 aliphatic heterocycles. The Kier molecular flexibility index (Phi) is 6.98. The van der Waals surface area contributed by atoms with Gasteiger partial charge in [-0.3, -0.25) is 0 Å². The molecule has 9 nitrogen and oxygen atoms in total. The third-order valence-electron chi connectivity index (χ3n) is 5.46. The van der Waals surface area contributed by atoms with E-state index in [-0.39, 0.29) is 6.10 Å². The Bertz CT molecular complexity index is 1130. The first kappa shape index (κ1) is 22.5. The Morgan fingerprint density at radius 1 is 1.21 bits per heavy atom. The van der Waals surface area contributed by atoms with Crippen LogP contribution in [-0.2, 0) is 0 Å². The second-order valence-electron chi connectivity index (χ2n) is 8.28. The van der Waals surface area contributed by atoms with Crippen molar-refractivity contribution in [3.8, 4) is 17.3 Å². The predicted octanol–water partition coefficient (Wildman–Crippen LogP) is 2.70. The fraction of sp³-hybridized carbons (Fsp3) is 0.333. The van der Waals surface area contributed by atoms with Gasteiger partial charge in [0, 0.05) is 37.9 Å². The van der Waals surface area contributed by atoms with Gasteiger partial charge in [-0.2, -0.15) is 5.26 Å². The predicted molar refractivity (Wildman–Crippen MR) is 130 cm³/mol. The van der Waals surface area contributed by atoms with Crippen LogP contribution >= 0.6 is 0 Å². The van der Waals surface area contributed by atoms with Crippen LogP contribution in [0.2, 0.25) is 0 Å². The molecule has 0 aliphatic carbocycles. The monoisotopic (exact) mass is 444 g/mol. The molecule has 170 valence electrons. The molecule has 4 rings (SSSR count). The van der Waals surface area contributed by atoms with E-state index in [9.17, 15) is 10.4 Å². The van der Waals surface area contributed by atoms with Crippen molar-refractivity contribution in [1.29, 1.82) is 5.26 Å². The summed E-state index contributed by atoms with van der Waals surface area (Å²) in [4.78, 5) is 17.5. The highest BCUT2D eigenvalue weighted by Crippen LogP contribution is 2.29. The molecular formula is C24H28N8O. The van der Waals surface area contributed by atoms with Gasteiger partial charge in [0.05, 0.1) is 34.9 Å². The molecular weight excluding hydrogens is 416 g/mol. The molecule has 0 saturated carbocycles. The van der Waals surface area contributed by atoms with E-state index < -0.39 is 0 Å². The molecule has 0 spiro atoms. The molecule has 1 fully saturated rings. The Morgan fingerprint density at radius 2 is 2.09 bits per heavy atom. The van der Waals surface area contributed by atoms with Crippen molar-refractivity contribution < 1.29 is 5.11 Å². The number of anilines is 4. The number of pyridine rings is 1. The van der Waals surface area contributed by atoms with E-state index in [1.807, 2.05) is 55.4 Å². The molecule has 2 aromatic heterocycles. The van der Waals surface area contributed by atoms with E-state index in [1.165, 1.54) is 0 Å². The number of aromatic nitrogens is 3. The van der Waals surface area contributed by atoms with Gasteiger partial charge in [0.15, 0.2) is 0 Å². The number of aliphatic hydroxyl groups is 1. The van der Waals surface area contributed by atoms with Crippen molar-refractivity contribution in [2.24, 2.45) is 0 Å². The molecule has 0 bridgehead atoms. The number of nitrogens with zero attached hydrogens (tertiary/aromatic N) is 6. The summed E-state index contributed by atoms with van der Waals surface area (Å²) in [5.74, 6) is 1.26. The zero-order chi connectivity index (χ0) is 23.2. The van der Waals surface area contributed by atoms with Crippen LogP contribution in [0.1, 0.15) is 12.0 Å². The van der Waals surface area contributed by atoms with Gasteiger partial charge >= 0.3 is 0 Å². The highest BCUT2D eigenvalue weighted by atomic mass is 16.3. The van der Waals surface area contributed by atoms with Crippen molar-refractivity contribution in [1.82, 2.24) is 19.9 Å². The molecule has 33 heavy (non-hydrogen) atoms. The van der Waals surface area contributed by atoms with Crippen LogP contribution in [0.15, 0.2) is 48.8 Å². The third-order valence-corrected chi connectivity index (χ3v) is 5.46. The maximum Gasteiger partial charge on any atom is 0.227 e. The Morgan fingerprint density at radius 3 is 2.79 bits per heavy atom. The van der Waals surface area contributed by atoms with Crippen LogP contribution in [0.5, 0.6) is 0 Å². The fourth-order valence-corrected chi connectivity index (χ4v) is 3.71. The van der Waals surface area contributed by atoms with Gasteiger partial charge < -0.3 is 25.5 Å². The Balaban J connectivity index is 1.46. The van der Waals surface area contributed by atoms with Crippen LogP contribution in [0, 0.1) is 11.3 Å². The lowest BCUT2D eigenvalue weighted by Crippen LogP contribution is -2.22. The number of nitrogens with one attached hydrogen (secondary N) is 2. The lowest BCUT2D eigenvalue weighted by atomic mass is 10.1. The summed E-state index contributed by atoms with van der Waals surface area (Å²) in [5, 5.41) is 26.0. The normalized spacial score (nSPS) is 15.5. The molecule has 0 amide bonds. The average Bonchev–Trinajstić information content (AvgIpc) is 3.26. The van der Waals surface area contributed by atoms with Gasteiger partial charge in [-0.05, 0) is 50.8 Å². The van der Waals surface area contributed by atoms with Gasteiger partial charge in [0.25, 0.3) is 0 Å². The number of benzene rings is 1. The summed E-state index contributed by atoms with van der Waals surface area (Å²) >= 11 is 0. The second kappa shape index (κ2) is 10.3. The fourth-order valence-electron chi connectivity index (χ4n) is 3.71. The Labute approximate surface area is 193 Å². The Hall–Kier alpha value is -3.74. The summed E-state index contributed by atoms with van der Waals surface area (Å²) in [6.07, 6.45) is 3.80. The lowest BCUT2D eigenvalue weighted by Gasteiger charge is -2.19. The molecule has 1 aliphatic rings. The van der Waals surface area contributed by atoms with Gasteiger partial charge in [0.1, 0.15) is 11.9 Å². The maximum atomic E-state index is 9.82. The highest BCUT2D eigenvalue weighted by molar-refractivity contribution is 5.70. The number of nitriles is 1. The number of β-amino-alcohol motifs (C(OH)–C–C–N with tert-alkyl or cyclic N) is 1. The minimum absolute atomic E-state index is 0.343. The van der Waals surface area contributed by atoms with Crippen LogP contribution in [-0.4, -0.2) is 71.3 Å². The summed E-state index contributed by atoms with van der Waals surface area (Å²) in [7, 11) is 4.06. The summed E-state index contributed by atoms with van der Waals surface area (Å²) in [6.45, 7) is 3.04. The van der Waals surface area contributed by atoms with Crippen LogP contribution < -0.4 is 15.5 Å². The summed E-state index contributed by atoms with van der Waals surface area (Å²) in [6, 6.07) is 13.6. The first-order chi connectivity index (χ1) is 16.0. The molecule has 1 aromatic carbocycles. The van der Waals surface area contributed by atoms with E-state index in [2.05, 4.69) is 36.6 Å². The first-order valence-corrected chi connectivity index (χ1v) is 10.9. The van der Waals surface area contributed by atoms with Gasteiger partial charge in [-0.15, -0.1) is 0 Å². The van der Waals surface area contributed by atoms with Crippen molar-refractivity contribution in [3.63, 3.8) is 0 Å². The zero-order valence-electron chi connectivity index (χ0n) is 18.9. The first-order valence-electron chi connectivity index (χ1n) is 10.9. The van der Waals surface area contributed by atoms with E-state index in [0.717, 1.165) is 48.8 Å². The molecule has 1 atom stereocenters. The minimum atomic E-state index is -0.343. The number of hydrogen-bond acceptors (Lipinski definition) is 9. The number of likely N-dealkylation sites (N-methyl/N-ethyl adjacent to an activating group) is 1. The van der Waals surface area contributed by atoms with Gasteiger partial charge in [0.2, 0.25) is 5.95 Å². The third kappa shape index (κ3) is 5.74. The number of hydrogen-bond donors (Lipinski definition) is 3. The smallest absolute Gasteiger partial charge is 0.227 e. The van der Waals surface area contributed by atoms with Crippen LogP contribution in [0.25, 0.3) is 11.3 Å². The quantitative estimate of drug-likeness (QED) is 0.482. The van der Waals surface area contributed by atoms with Crippen molar-refractivity contribution >= 4 is 23.1 Å².